The van der Waals surface area contributed by atoms with Crippen LogP contribution in [-0.2, 0) is 34.1 Å². The van der Waals surface area contributed by atoms with Gasteiger partial charge in [-0.1, -0.05) is 85.6 Å². The van der Waals surface area contributed by atoms with Gasteiger partial charge in [0.15, 0.2) is 5.69 Å². The minimum absolute atomic E-state index is 0.00596. The van der Waals surface area contributed by atoms with Gasteiger partial charge in [-0.05, 0) is 126 Å². The zero-order chi connectivity index (χ0) is 43.4. The van der Waals surface area contributed by atoms with E-state index in [0.717, 1.165) is 29.4 Å². The zero-order valence-electron chi connectivity index (χ0n) is 34.1. The fraction of sp³-hybridized carbons (Fsp3) is 0.184. The van der Waals surface area contributed by atoms with Gasteiger partial charge in [0.25, 0.3) is 21.8 Å². The number of carbonyl (C=O) groups is 3. The van der Waals surface area contributed by atoms with Crippen LogP contribution >= 0.6 is 11.6 Å². The standard InChI is InChI=1S/C49H43ClN4O7S/c1-3-5-14-44-45(46(49(57)60-4-2)51-54(44)38-19-23-40(24-20-38)61-39-21-17-37(50)18-22-39)42-26-16-35(30-43(42)48(56)53-28-27-33-11-7-9-13-36(33)31-53)47(55)52-62(58,59)41-25-15-32-10-6-8-12-34(32)29-41/h6-13,15-26,29-30H,3-5,14,27-28,31H2,1-2H3,(H,52,55). The minimum atomic E-state index is -4.32. The highest BCUT2D eigenvalue weighted by Crippen LogP contribution is 2.37. The summed E-state index contributed by atoms with van der Waals surface area (Å²) in [6, 6.07) is 38.6. The Kier molecular flexibility index (Phi) is 12.2. The van der Waals surface area contributed by atoms with E-state index in [-0.39, 0.29) is 28.3 Å². The highest BCUT2D eigenvalue weighted by molar-refractivity contribution is 7.90. The van der Waals surface area contributed by atoms with E-state index >= 15 is 0 Å². The number of hydrogen-bond acceptors (Lipinski definition) is 8. The Labute approximate surface area is 364 Å². The lowest BCUT2D eigenvalue weighted by Crippen LogP contribution is -2.36. The molecule has 0 aliphatic carbocycles. The summed E-state index contributed by atoms with van der Waals surface area (Å²) >= 11 is 6.06. The highest BCUT2D eigenvalue weighted by Gasteiger charge is 2.32. The second-order valence-corrected chi connectivity index (χ2v) is 17.0. The summed E-state index contributed by atoms with van der Waals surface area (Å²) in [6.45, 7) is 4.56. The number of carbonyl (C=O) groups excluding carboxylic acids is 3. The molecule has 1 N–H and O–H groups in total. The van der Waals surface area contributed by atoms with Gasteiger partial charge in [-0.3, -0.25) is 9.59 Å². The van der Waals surface area contributed by atoms with Gasteiger partial charge < -0.3 is 14.4 Å². The summed E-state index contributed by atoms with van der Waals surface area (Å²) in [5.41, 5.74) is 4.19. The van der Waals surface area contributed by atoms with Crippen LogP contribution in [0.15, 0.2) is 138 Å². The maximum atomic E-state index is 14.9. The highest BCUT2D eigenvalue weighted by atomic mass is 35.5. The Morgan fingerprint density at radius 3 is 2.21 bits per heavy atom. The van der Waals surface area contributed by atoms with Gasteiger partial charge >= 0.3 is 5.97 Å². The molecule has 0 bridgehead atoms. The first-order valence-electron chi connectivity index (χ1n) is 20.4. The van der Waals surface area contributed by atoms with Gasteiger partial charge in [-0.15, -0.1) is 0 Å². The molecule has 0 saturated heterocycles. The van der Waals surface area contributed by atoms with Crippen LogP contribution in [-0.4, -0.2) is 54.0 Å². The largest absolute Gasteiger partial charge is 0.461 e. The van der Waals surface area contributed by atoms with Gasteiger partial charge in [0.1, 0.15) is 11.5 Å². The molecular weight excluding hydrogens is 824 g/mol. The van der Waals surface area contributed by atoms with Crippen LogP contribution in [0.25, 0.3) is 27.6 Å². The Bertz CT molecular complexity index is 2930. The number of sulfonamides is 1. The van der Waals surface area contributed by atoms with Crippen molar-refractivity contribution in [1.29, 1.82) is 0 Å². The molecule has 2 heterocycles. The third-order valence-corrected chi connectivity index (χ3v) is 12.4. The number of fused-ring (bicyclic) bond motifs is 2. The SMILES string of the molecule is CCCCc1c(-c2ccc(C(=O)NS(=O)(=O)c3ccc4ccccc4c3)cc2C(=O)N2CCc3ccccc3C2)c(C(=O)OCC)nn1-c1ccc(Oc2ccc(Cl)cc2)cc1. The molecule has 0 radical (unpaired) electrons. The number of rotatable bonds is 13. The lowest BCUT2D eigenvalue weighted by molar-refractivity contribution is 0.0519. The number of benzene rings is 6. The molecule has 1 aliphatic rings. The summed E-state index contributed by atoms with van der Waals surface area (Å²) in [5, 5.41) is 6.99. The Balaban J connectivity index is 1.23. The Morgan fingerprint density at radius 2 is 1.48 bits per heavy atom. The summed E-state index contributed by atoms with van der Waals surface area (Å²) in [4.78, 5) is 44.4. The minimum Gasteiger partial charge on any atom is -0.461 e. The molecule has 0 saturated carbocycles. The van der Waals surface area contributed by atoms with E-state index in [0.29, 0.717) is 70.3 Å². The average molecular weight is 867 g/mol. The third kappa shape index (κ3) is 8.83. The molecule has 13 heteroatoms. The van der Waals surface area contributed by atoms with E-state index in [1.165, 1.54) is 24.3 Å². The van der Waals surface area contributed by atoms with E-state index in [1.54, 1.807) is 77.2 Å². The number of amides is 2. The molecule has 6 aromatic carbocycles. The lowest BCUT2D eigenvalue weighted by Gasteiger charge is -2.29. The molecule has 2 amide bonds. The van der Waals surface area contributed by atoms with Gasteiger partial charge in [0.05, 0.1) is 22.9 Å². The van der Waals surface area contributed by atoms with E-state index < -0.39 is 27.8 Å². The lowest BCUT2D eigenvalue weighted by atomic mass is 9.92. The van der Waals surface area contributed by atoms with Crippen molar-refractivity contribution in [1.82, 2.24) is 19.4 Å². The molecule has 8 rings (SSSR count). The van der Waals surface area contributed by atoms with Crippen LogP contribution in [0.4, 0.5) is 0 Å². The Morgan fingerprint density at radius 1 is 0.790 bits per heavy atom. The molecular formula is C49H43ClN4O7S. The van der Waals surface area contributed by atoms with Gasteiger partial charge in [-0.25, -0.2) is 22.6 Å². The fourth-order valence-corrected chi connectivity index (χ4v) is 8.79. The molecule has 1 aliphatic heterocycles. The first-order valence-corrected chi connectivity index (χ1v) is 22.3. The number of ether oxygens (including phenoxy) is 2. The van der Waals surface area contributed by atoms with Gasteiger partial charge in [-0.2, -0.15) is 5.10 Å². The van der Waals surface area contributed by atoms with Crippen LogP contribution in [0, 0.1) is 0 Å². The van der Waals surface area contributed by atoms with Crippen LogP contribution in [0.3, 0.4) is 0 Å². The van der Waals surface area contributed by atoms with Crippen molar-refractivity contribution in [3.8, 4) is 28.3 Å². The number of esters is 1. The second-order valence-electron chi connectivity index (χ2n) is 14.9. The third-order valence-electron chi connectivity index (χ3n) is 10.8. The number of nitrogens with one attached hydrogen (secondary N) is 1. The number of hydrogen-bond donors (Lipinski definition) is 1. The summed E-state index contributed by atoms with van der Waals surface area (Å²) < 4.78 is 42.8. The first kappa shape index (κ1) is 42.0. The maximum Gasteiger partial charge on any atom is 0.359 e. The van der Waals surface area contributed by atoms with Crippen molar-refractivity contribution in [2.45, 2.75) is 51.0 Å². The summed E-state index contributed by atoms with van der Waals surface area (Å²) in [7, 11) is -4.32. The summed E-state index contributed by atoms with van der Waals surface area (Å²) in [6.07, 6.45) is 2.63. The molecule has 0 atom stereocenters. The molecule has 0 spiro atoms. The zero-order valence-corrected chi connectivity index (χ0v) is 35.7. The maximum absolute atomic E-state index is 14.9. The van der Waals surface area contributed by atoms with Crippen LogP contribution in [0.2, 0.25) is 5.02 Å². The molecule has 62 heavy (non-hydrogen) atoms. The average Bonchev–Trinajstić information content (AvgIpc) is 3.67. The second kappa shape index (κ2) is 18.1. The monoisotopic (exact) mass is 866 g/mol. The topological polar surface area (TPSA) is 137 Å². The van der Waals surface area contributed by atoms with Crippen LogP contribution in [0.1, 0.15) is 74.7 Å². The molecule has 0 fully saturated rings. The van der Waals surface area contributed by atoms with Crippen LogP contribution < -0.4 is 9.46 Å². The van der Waals surface area contributed by atoms with Crippen molar-refractivity contribution >= 4 is 50.2 Å². The fourth-order valence-electron chi connectivity index (χ4n) is 7.66. The quantitative estimate of drug-likeness (QED) is 0.113. The van der Waals surface area contributed by atoms with Crippen molar-refractivity contribution in [2.24, 2.45) is 0 Å². The molecule has 314 valence electrons. The molecule has 0 unspecified atom stereocenters. The van der Waals surface area contributed by atoms with Crippen molar-refractivity contribution in [3.63, 3.8) is 0 Å². The smallest absolute Gasteiger partial charge is 0.359 e. The number of nitrogens with zero attached hydrogens (tertiary/aromatic N) is 3. The van der Waals surface area contributed by atoms with Crippen molar-refractivity contribution < 1.29 is 32.3 Å². The Hall–Kier alpha value is -6.76. The van der Waals surface area contributed by atoms with E-state index in [4.69, 9.17) is 26.2 Å². The number of halogens is 1. The van der Waals surface area contributed by atoms with E-state index in [9.17, 15) is 22.8 Å². The van der Waals surface area contributed by atoms with Crippen molar-refractivity contribution in [3.05, 3.63) is 172 Å². The van der Waals surface area contributed by atoms with E-state index in [1.807, 2.05) is 48.5 Å². The predicted octanol–water partition coefficient (Wildman–Crippen LogP) is 9.97. The van der Waals surface area contributed by atoms with Crippen LogP contribution in [0.5, 0.6) is 11.5 Å². The number of aromatic nitrogens is 2. The first-order chi connectivity index (χ1) is 30.0. The van der Waals surface area contributed by atoms with E-state index in [2.05, 4.69) is 11.6 Å². The van der Waals surface area contributed by atoms with Gasteiger partial charge in [0, 0.05) is 34.8 Å². The number of unbranched alkanes of at least 4 members (excludes halogenated alkanes) is 1. The molecule has 11 nitrogen and oxygen atoms in total. The summed E-state index contributed by atoms with van der Waals surface area (Å²) in [5.74, 6) is -0.827. The predicted molar refractivity (Wildman–Crippen MR) is 239 cm³/mol. The molecule has 7 aromatic rings. The van der Waals surface area contributed by atoms with Crippen molar-refractivity contribution in [2.75, 3.05) is 13.2 Å². The normalized spacial score (nSPS) is 12.5. The van der Waals surface area contributed by atoms with Gasteiger partial charge in [0.2, 0.25) is 0 Å². The molecule has 1 aromatic heterocycles.